The van der Waals surface area contributed by atoms with Crippen molar-refractivity contribution in [1.82, 2.24) is 10.2 Å². The summed E-state index contributed by atoms with van der Waals surface area (Å²) >= 11 is 0. The van der Waals surface area contributed by atoms with Crippen molar-refractivity contribution < 1.29 is 0 Å². The van der Waals surface area contributed by atoms with Gasteiger partial charge >= 0.3 is 0 Å². The maximum atomic E-state index is 3.87. The second kappa shape index (κ2) is 8.97. The molecule has 0 aromatic carbocycles. The van der Waals surface area contributed by atoms with Gasteiger partial charge in [0.2, 0.25) is 0 Å². The predicted octanol–water partition coefficient (Wildman–Crippen LogP) is 3.91. The van der Waals surface area contributed by atoms with E-state index in [0.717, 1.165) is 17.9 Å². The first-order valence-corrected chi connectivity index (χ1v) is 8.48. The summed E-state index contributed by atoms with van der Waals surface area (Å²) in [6.45, 7) is 8.24. The molecule has 1 aliphatic rings. The summed E-state index contributed by atoms with van der Waals surface area (Å²) in [7, 11) is 4.47. The Morgan fingerprint density at radius 1 is 1.05 bits per heavy atom. The molecule has 0 spiro atoms. The van der Waals surface area contributed by atoms with Crippen molar-refractivity contribution in [2.45, 2.75) is 77.8 Å². The maximum Gasteiger partial charge on any atom is 0.0242 e. The summed E-state index contributed by atoms with van der Waals surface area (Å²) in [5.41, 5.74) is 0. The minimum atomic E-state index is 0.690. The molecule has 0 aliphatic heterocycles. The van der Waals surface area contributed by atoms with Gasteiger partial charge in [0.15, 0.2) is 0 Å². The average molecular weight is 268 g/mol. The summed E-state index contributed by atoms with van der Waals surface area (Å²) in [4.78, 5) is 2.42. The van der Waals surface area contributed by atoms with Gasteiger partial charge in [-0.2, -0.15) is 0 Å². The smallest absolute Gasteiger partial charge is 0.0242 e. The second-order valence-electron chi connectivity index (χ2n) is 6.83. The number of rotatable bonds is 7. The van der Waals surface area contributed by atoms with Gasteiger partial charge in [0.1, 0.15) is 0 Å². The molecule has 1 rings (SSSR count). The van der Waals surface area contributed by atoms with Crippen LogP contribution in [0.3, 0.4) is 0 Å². The van der Waals surface area contributed by atoms with Crippen LogP contribution in [0, 0.1) is 11.8 Å². The summed E-state index contributed by atoms with van der Waals surface area (Å²) in [6, 6.07) is 1.46. The Morgan fingerprint density at radius 2 is 1.74 bits per heavy atom. The van der Waals surface area contributed by atoms with Gasteiger partial charge < -0.3 is 10.2 Å². The zero-order chi connectivity index (χ0) is 14.3. The lowest BCUT2D eigenvalue weighted by Gasteiger charge is -2.33. The summed E-state index contributed by atoms with van der Waals surface area (Å²) in [6.07, 6.45) is 9.61. The highest BCUT2D eigenvalue weighted by Crippen LogP contribution is 2.23. The van der Waals surface area contributed by atoms with Crippen LogP contribution in [0.25, 0.3) is 0 Å². The molecular formula is C17H36N2. The second-order valence-corrected chi connectivity index (χ2v) is 6.83. The van der Waals surface area contributed by atoms with Gasteiger partial charge in [-0.25, -0.2) is 0 Å². The standard InChI is InChI=1S/C17H36N2/c1-6-15(7-2)17(19(4)5)13-18-16-10-8-9-14(3)11-12-16/h14-18H,6-13H2,1-5H3. The van der Waals surface area contributed by atoms with E-state index < -0.39 is 0 Å². The Balaban J connectivity index is 2.42. The molecule has 0 amide bonds. The minimum Gasteiger partial charge on any atom is -0.312 e. The van der Waals surface area contributed by atoms with Crippen molar-refractivity contribution in [3.63, 3.8) is 0 Å². The van der Waals surface area contributed by atoms with Crippen LogP contribution in [-0.2, 0) is 0 Å². The van der Waals surface area contributed by atoms with Gasteiger partial charge in [-0.15, -0.1) is 0 Å². The molecule has 1 aliphatic carbocycles. The van der Waals surface area contributed by atoms with E-state index in [1.807, 2.05) is 0 Å². The maximum absolute atomic E-state index is 3.87. The number of likely N-dealkylation sites (N-methyl/N-ethyl adjacent to an activating group) is 1. The third-order valence-electron chi connectivity index (χ3n) is 5.13. The van der Waals surface area contributed by atoms with Gasteiger partial charge in [-0.1, -0.05) is 46.5 Å². The molecule has 0 saturated heterocycles. The lowest BCUT2D eigenvalue weighted by molar-refractivity contribution is 0.187. The molecular weight excluding hydrogens is 232 g/mol. The molecule has 2 heteroatoms. The van der Waals surface area contributed by atoms with Crippen molar-refractivity contribution in [2.24, 2.45) is 11.8 Å². The molecule has 0 radical (unpaired) electrons. The first-order valence-electron chi connectivity index (χ1n) is 8.48. The highest BCUT2D eigenvalue weighted by Gasteiger charge is 2.22. The molecule has 3 unspecified atom stereocenters. The molecule has 0 heterocycles. The van der Waals surface area contributed by atoms with Crippen molar-refractivity contribution in [3.8, 4) is 0 Å². The van der Waals surface area contributed by atoms with Crippen LogP contribution in [0.1, 0.15) is 65.7 Å². The Labute approximate surface area is 121 Å². The zero-order valence-corrected chi connectivity index (χ0v) is 13.9. The topological polar surface area (TPSA) is 15.3 Å². The fraction of sp³-hybridized carbons (Fsp3) is 1.00. The van der Waals surface area contributed by atoms with Crippen LogP contribution in [0.4, 0.5) is 0 Å². The SMILES string of the molecule is CCC(CC)C(CNC1CCCC(C)CC1)N(C)C. The van der Waals surface area contributed by atoms with Gasteiger partial charge in [-0.05, 0) is 45.2 Å². The first kappa shape index (κ1) is 17.0. The first-order chi connectivity index (χ1) is 9.08. The van der Waals surface area contributed by atoms with Crippen molar-refractivity contribution in [1.29, 1.82) is 0 Å². The van der Waals surface area contributed by atoms with Crippen LogP contribution < -0.4 is 5.32 Å². The molecule has 114 valence electrons. The van der Waals surface area contributed by atoms with E-state index in [0.29, 0.717) is 6.04 Å². The van der Waals surface area contributed by atoms with Gasteiger partial charge in [0.25, 0.3) is 0 Å². The molecule has 3 atom stereocenters. The van der Waals surface area contributed by atoms with Crippen molar-refractivity contribution in [2.75, 3.05) is 20.6 Å². The molecule has 0 aromatic rings. The number of hydrogen-bond acceptors (Lipinski definition) is 2. The lowest BCUT2D eigenvalue weighted by atomic mass is 9.93. The summed E-state index contributed by atoms with van der Waals surface area (Å²) < 4.78 is 0. The average Bonchev–Trinajstić information content (AvgIpc) is 2.59. The molecule has 2 nitrogen and oxygen atoms in total. The van der Waals surface area contributed by atoms with E-state index in [9.17, 15) is 0 Å². The fourth-order valence-corrected chi connectivity index (χ4v) is 3.58. The largest absolute Gasteiger partial charge is 0.312 e. The normalized spacial score (nSPS) is 26.7. The highest BCUT2D eigenvalue weighted by molar-refractivity contribution is 4.80. The molecule has 0 aromatic heterocycles. The third-order valence-corrected chi connectivity index (χ3v) is 5.13. The molecule has 0 bridgehead atoms. The minimum absolute atomic E-state index is 0.690. The van der Waals surface area contributed by atoms with E-state index in [2.05, 4.69) is 45.1 Å². The number of nitrogens with one attached hydrogen (secondary N) is 1. The number of hydrogen-bond donors (Lipinski definition) is 1. The van der Waals surface area contributed by atoms with Crippen LogP contribution in [0.2, 0.25) is 0 Å². The Hall–Kier alpha value is -0.0800. The third kappa shape index (κ3) is 5.83. The molecule has 19 heavy (non-hydrogen) atoms. The number of nitrogens with zero attached hydrogens (tertiary/aromatic N) is 1. The van der Waals surface area contributed by atoms with Crippen LogP contribution in [0.15, 0.2) is 0 Å². The van der Waals surface area contributed by atoms with E-state index >= 15 is 0 Å². The Morgan fingerprint density at radius 3 is 2.32 bits per heavy atom. The molecule has 1 N–H and O–H groups in total. The molecule has 1 saturated carbocycles. The molecule has 1 fully saturated rings. The lowest BCUT2D eigenvalue weighted by Crippen LogP contribution is -2.45. The highest BCUT2D eigenvalue weighted by atomic mass is 15.1. The Kier molecular flexibility index (Phi) is 8.01. The fourth-order valence-electron chi connectivity index (χ4n) is 3.58. The summed E-state index contributed by atoms with van der Waals surface area (Å²) in [5.74, 6) is 1.77. The van der Waals surface area contributed by atoms with Crippen LogP contribution in [-0.4, -0.2) is 37.6 Å². The quantitative estimate of drug-likeness (QED) is 0.704. The van der Waals surface area contributed by atoms with Crippen LogP contribution in [0.5, 0.6) is 0 Å². The van der Waals surface area contributed by atoms with E-state index in [1.165, 1.54) is 51.5 Å². The van der Waals surface area contributed by atoms with E-state index in [-0.39, 0.29) is 0 Å². The Bertz CT molecular complexity index is 223. The zero-order valence-electron chi connectivity index (χ0n) is 13.9. The van der Waals surface area contributed by atoms with Crippen LogP contribution >= 0.6 is 0 Å². The van der Waals surface area contributed by atoms with Gasteiger partial charge in [0.05, 0.1) is 0 Å². The predicted molar refractivity (Wildman–Crippen MR) is 85.6 cm³/mol. The monoisotopic (exact) mass is 268 g/mol. The van der Waals surface area contributed by atoms with E-state index in [4.69, 9.17) is 0 Å². The van der Waals surface area contributed by atoms with E-state index in [1.54, 1.807) is 0 Å². The van der Waals surface area contributed by atoms with Crippen molar-refractivity contribution in [3.05, 3.63) is 0 Å². The van der Waals surface area contributed by atoms with Crippen molar-refractivity contribution >= 4 is 0 Å². The van der Waals surface area contributed by atoms with Gasteiger partial charge in [0, 0.05) is 18.6 Å². The van der Waals surface area contributed by atoms with Gasteiger partial charge in [-0.3, -0.25) is 0 Å². The summed E-state index contributed by atoms with van der Waals surface area (Å²) in [5, 5.41) is 3.87.